The molecule has 0 amide bonds. The van der Waals surface area contributed by atoms with Crippen LogP contribution in [-0.2, 0) is 0 Å². The standard InChI is InChI=1S/C13H15FN2S/c1-2-7-16-13(12-8-15-9-17-12)10-3-5-11(14)6-4-10/h3-6,8-9,13,16H,2,7H2,1H3. The summed E-state index contributed by atoms with van der Waals surface area (Å²) in [6.45, 7) is 3.06. The first-order chi connectivity index (χ1) is 8.31. The normalized spacial score (nSPS) is 12.6. The predicted molar refractivity (Wildman–Crippen MR) is 68.7 cm³/mol. The van der Waals surface area contributed by atoms with Crippen LogP contribution in [0.1, 0.15) is 29.8 Å². The largest absolute Gasteiger partial charge is 0.306 e. The molecule has 0 fully saturated rings. The number of hydrogen-bond donors (Lipinski definition) is 1. The van der Waals surface area contributed by atoms with Crippen molar-refractivity contribution in [3.63, 3.8) is 0 Å². The molecule has 1 unspecified atom stereocenters. The quantitative estimate of drug-likeness (QED) is 0.880. The zero-order valence-electron chi connectivity index (χ0n) is 9.69. The summed E-state index contributed by atoms with van der Waals surface area (Å²) in [7, 11) is 0. The Hall–Kier alpha value is -1.26. The van der Waals surface area contributed by atoms with Crippen molar-refractivity contribution in [2.24, 2.45) is 0 Å². The summed E-state index contributed by atoms with van der Waals surface area (Å²) >= 11 is 1.61. The van der Waals surface area contributed by atoms with Crippen LogP contribution >= 0.6 is 11.3 Å². The molecule has 0 aliphatic heterocycles. The van der Waals surface area contributed by atoms with Gasteiger partial charge in [0.15, 0.2) is 0 Å². The van der Waals surface area contributed by atoms with Gasteiger partial charge in [-0.2, -0.15) is 0 Å². The molecule has 2 aromatic rings. The van der Waals surface area contributed by atoms with Gasteiger partial charge in [-0.25, -0.2) is 4.39 Å². The van der Waals surface area contributed by atoms with Crippen LogP contribution in [0.4, 0.5) is 4.39 Å². The lowest BCUT2D eigenvalue weighted by atomic mass is 10.1. The highest BCUT2D eigenvalue weighted by molar-refractivity contribution is 7.09. The van der Waals surface area contributed by atoms with Crippen LogP contribution in [0.2, 0.25) is 0 Å². The van der Waals surface area contributed by atoms with Crippen molar-refractivity contribution >= 4 is 11.3 Å². The van der Waals surface area contributed by atoms with Crippen LogP contribution in [0.25, 0.3) is 0 Å². The number of hydrogen-bond acceptors (Lipinski definition) is 3. The van der Waals surface area contributed by atoms with Gasteiger partial charge in [0.1, 0.15) is 5.82 Å². The van der Waals surface area contributed by atoms with Crippen LogP contribution in [0, 0.1) is 5.82 Å². The molecule has 0 radical (unpaired) electrons. The van der Waals surface area contributed by atoms with Gasteiger partial charge in [0.25, 0.3) is 0 Å². The van der Waals surface area contributed by atoms with Gasteiger partial charge in [0.2, 0.25) is 0 Å². The van der Waals surface area contributed by atoms with Crippen molar-refractivity contribution in [3.05, 3.63) is 52.2 Å². The minimum Gasteiger partial charge on any atom is -0.306 e. The Bertz CT molecular complexity index is 439. The predicted octanol–water partition coefficient (Wildman–Crippen LogP) is 3.37. The summed E-state index contributed by atoms with van der Waals surface area (Å²) in [5.74, 6) is -0.202. The summed E-state index contributed by atoms with van der Waals surface area (Å²) < 4.78 is 12.9. The van der Waals surface area contributed by atoms with Crippen molar-refractivity contribution < 1.29 is 4.39 Å². The van der Waals surface area contributed by atoms with E-state index in [-0.39, 0.29) is 11.9 Å². The highest BCUT2D eigenvalue weighted by atomic mass is 32.1. The Morgan fingerprint density at radius 2 is 2.12 bits per heavy atom. The summed E-state index contributed by atoms with van der Waals surface area (Å²) in [4.78, 5) is 5.26. The molecular weight excluding hydrogens is 235 g/mol. The highest BCUT2D eigenvalue weighted by Gasteiger charge is 2.14. The number of nitrogens with zero attached hydrogens (tertiary/aromatic N) is 1. The fraction of sp³-hybridized carbons (Fsp3) is 0.308. The van der Waals surface area contributed by atoms with Crippen LogP contribution in [0.5, 0.6) is 0 Å². The Balaban J connectivity index is 2.23. The van der Waals surface area contributed by atoms with Crippen molar-refractivity contribution in [1.82, 2.24) is 10.3 Å². The van der Waals surface area contributed by atoms with Gasteiger partial charge in [-0.3, -0.25) is 4.98 Å². The number of thiazole rings is 1. The van der Waals surface area contributed by atoms with Crippen LogP contribution in [-0.4, -0.2) is 11.5 Å². The molecule has 0 spiro atoms. The van der Waals surface area contributed by atoms with E-state index >= 15 is 0 Å². The number of nitrogens with one attached hydrogen (secondary N) is 1. The third-order valence-electron chi connectivity index (χ3n) is 2.54. The van der Waals surface area contributed by atoms with Gasteiger partial charge < -0.3 is 5.32 Å². The fourth-order valence-electron chi connectivity index (χ4n) is 1.69. The van der Waals surface area contributed by atoms with E-state index in [9.17, 15) is 4.39 Å². The van der Waals surface area contributed by atoms with E-state index in [0.717, 1.165) is 23.4 Å². The smallest absolute Gasteiger partial charge is 0.123 e. The van der Waals surface area contributed by atoms with Gasteiger partial charge >= 0.3 is 0 Å². The zero-order chi connectivity index (χ0) is 12.1. The van der Waals surface area contributed by atoms with E-state index in [1.54, 1.807) is 11.3 Å². The lowest BCUT2D eigenvalue weighted by Gasteiger charge is -2.17. The first kappa shape index (κ1) is 12.2. The molecule has 2 rings (SSSR count). The summed E-state index contributed by atoms with van der Waals surface area (Å²) in [5.41, 5.74) is 2.89. The lowest BCUT2D eigenvalue weighted by Crippen LogP contribution is -2.22. The second kappa shape index (κ2) is 5.89. The van der Waals surface area contributed by atoms with E-state index in [2.05, 4.69) is 17.2 Å². The van der Waals surface area contributed by atoms with Crippen molar-refractivity contribution in [1.29, 1.82) is 0 Å². The van der Waals surface area contributed by atoms with E-state index < -0.39 is 0 Å². The summed E-state index contributed by atoms with van der Waals surface area (Å²) in [5, 5.41) is 3.46. The Morgan fingerprint density at radius 3 is 2.71 bits per heavy atom. The van der Waals surface area contributed by atoms with Gasteiger partial charge in [-0.1, -0.05) is 19.1 Å². The molecule has 1 aromatic carbocycles. The first-order valence-corrected chi connectivity index (χ1v) is 6.56. The van der Waals surface area contributed by atoms with Gasteiger partial charge in [-0.15, -0.1) is 11.3 Å². The second-order valence-corrected chi connectivity index (χ2v) is 4.76. The number of aromatic nitrogens is 1. The molecule has 0 saturated heterocycles. The minimum atomic E-state index is -0.202. The SMILES string of the molecule is CCCNC(c1ccc(F)cc1)c1cncs1. The number of benzene rings is 1. The molecule has 1 N–H and O–H groups in total. The maximum atomic E-state index is 12.9. The van der Waals surface area contributed by atoms with E-state index in [0.29, 0.717) is 0 Å². The van der Waals surface area contributed by atoms with Crippen molar-refractivity contribution in [2.75, 3.05) is 6.54 Å². The molecule has 2 nitrogen and oxygen atoms in total. The van der Waals surface area contributed by atoms with Crippen LogP contribution in [0.15, 0.2) is 36.0 Å². The monoisotopic (exact) mass is 250 g/mol. The molecule has 0 aliphatic rings. The van der Waals surface area contributed by atoms with Gasteiger partial charge in [0.05, 0.1) is 11.6 Å². The lowest BCUT2D eigenvalue weighted by molar-refractivity contribution is 0.598. The van der Waals surface area contributed by atoms with Gasteiger partial charge in [0, 0.05) is 11.1 Å². The third-order valence-corrected chi connectivity index (χ3v) is 3.38. The molecule has 1 heterocycles. The average molecular weight is 250 g/mol. The summed E-state index contributed by atoms with van der Waals surface area (Å²) in [6.07, 6.45) is 2.93. The van der Waals surface area contributed by atoms with E-state index in [1.165, 1.54) is 12.1 Å². The maximum absolute atomic E-state index is 12.9. The molecule has 4 heteroatoms. The highest BCUT2D eigenvalue weighted by Crippen LogP contribution is 2.25. The Labute approximate surface area is 105 Å². The first-order valence-electron chi connectivity index (χ1n) is 5.68. The maximum Gasteiger partial charge on any atom is 0.123 e. The van der Waals surface area contributed by atoms with Crippen LogP contribution in [0.3, 0.4) is 0 Å². The molecule has 0 aliphatic carbocycles. The van der Waals surface area contributed by atoms with Crippen molar-refractivity contribution in [3.8, 4) is 0 Å². The molecule has 0 saturated carbocycles. The Kier molecular flexibility index (Phi) is 4.23. The van der Waals surface area contributed by atoms with E-state index in [4.69, 9.17) is 0 Å². The Morgan fingerprint density at radius 1 is 1.35 bits per heavy atom. The van der Waals surface area contributed by atoms with Gasteiger partial charge in [-0.05, 0) is 30.7 Å². The van der Waals surface area contributed by atoms with E-state index in [1.807, 2.05) is 23.8 Å². The average Bonchev–Trinajstić information content (AvgIpc) is 2.85. The molecule has 0 bridgehead atoms. The minimum absolute atomic E-state index is 0.114. The molecular formula is C13H15FN2S. The van der Waals surface area contributed by atoms with Crippen LogP contribution < -0.4 is 5.32 Å². The molecule has 17 heavy (non-hydrogen) atoms. The fourth-order valence-corrected chi connectivity index (χ4v) is 2.42. The third kappa shape index (κ3) is 3.11. The number of halogens is 1. The molecule has 1 atom stereocenters. The molecule has 1 aromatic heterocycles. The van der Waals surface area contributed by atoms with Crippen molar-refractivity contribution in [2.45, 2.75) is 19.4 Å². The molecule has 90 valence electrons. The zero-order valence-corrected chi connectivity index (χ0v) is 10.5. The second-order valence-electron chi connectivity index (χ2n) is 3.84. The topological polar surface area (TPSA) is 24.9 Å². The summed E-state index contributed by atoms with van der Waals surface area (Å²) in [6, 6.07) is 6.75. The number of rotatable bonds is 5.